The molecule has 3 heterocycles. The Morgan fingerprint density at radius 2 is 1.90 bits per heavy atom. The highest BCUT2D eigenvalue weighted by molar-refractivity contribution is 5.37. The third kappa shape index (κ3) is 2.47. The summed E-state index contributed by atoms with van der Waals surface area (Å²) in [5.74, 6) is 0.985. The first-order valence-corrected chi connectivity index (χ1v) is 7.38. The van der Waals surface area contributed by atoms with Crippen molar-refractivity contribution in [3.8, 4) is 5.75 Å². The minimum atomic E-state index is 0.324. The molecule has 0 unspecified atom stereocenters. The second-order valence-electron chi connectivity index (χ2n) is 5.77. The summed E-state index contributed by atoms with van der Waals surface area (Å²) in [7, 11) is 0. The average Bonchev–Trinajstić information content (AvgIpc) is 3.16. The minimum absolute atomic E-state index is 0.324. The molecule has 4 rings (SSSR count). The lowest BCUT2D eigenvalue weighted by atomic mass is 10.1. The summed E-state index contributed by atoms with van der Waals surface area (Å²) in [6.07, 6.45) is 2.39. The molecule has 0 atom stereocenters. The topological polar surface area (TPSA) is 65.6 Å². The zero-order valence-corrected chi connectivity index (χ0v) is 11.8. The molecule has 1 fully saturated rings. The van der Waals surface area contributed by atoms with Crippen LogP contribution >= 0.6 is 0 Å². The molecule has 21 heavy (non-hydrogen) atoms. The number of hydrogen-bond acceptors (Lipinski definition) is 6. The number of phenolic OH excluding ortho intramolecular Hbond substituents is 1. The van der Waals surface area contributed by atoms with Crippen LogP contribution in [0.1, 0.15) is 29.9 Å². The number of anilines is 1. The van der Waals surface area contributed by atoms with Crippen LogP contribution in [0.3, 0.4) is 0 Å². The van der Waals surface area contributed by atoms with Crippen molar-refractivity contribution in [2.45, 2.75) is 32.5 Å². The van der Waals surface area contributed by atoms with Gasteiger partial charge in [0.2, 0.25) is 5.89 Å². The van der Waals surface area contributed by atoms with Crippen molar-refractivity contribution >= 4 is 6.01 Å². The van der Waals surface area contributed by atoms with E-state index in [4.69, 9.17) is 4.42 Å². The standard InChI is InChI=1S/C15H18N4O2/c20-13-4-3-11-8-18(9-12(11)7-13)10-14-16-17-15(21-14)19-5-1-2-6-19/h3-4,7,20H,1-2,5-6,8-10H2. The molecule has 6 heteroatoms. The maximum atomic E-state index is 9.53. The predicted molar refractivity (Wildman–Crippen MR) is 76.8 cm³/mol. The van der Waals surface area contributed by atoms with Crippen molar-refractivity contribution in [2.75, 3.05) is 18.0 Å². The summed E-state index contributed by atoms with van der Waals surface area (Å²) in [6, 6.07) is 6.20. The maximum absolute atomic E-state index is 9.53. The molecule has 1 aromatic heterocycles. The molecule has 0 amide bonds. The van der Waals surface area contributed by atoms with Gasteiger partial charge in [0.25, 0.3) is 0 Å². The van der Waals surface area contributed by atoms with E-state index in [1.165, 1.54) is 24.0 Å². The van der Waals surface area contributed by atoms with Gasteiger partial charge in [0.05, 0.1) is 6.54 Å². The highest BCUT2D eigenvalue weighted by atomic mass is 16.4. The molecule has 6 nitrogen and oxygen atoms in total. The zero-order chi connectivity index (χ0) is 14.2. The number of rotatable bonds is 3. The van der Waals surface area contributed by atoms with Gasteiger partial charge in [-0.1, -0.05) is 11.2 Å². The fourth-order valence-corrected chi connectivity index (χ4v) is 3.10. The Bertz CT molecular complexity index is 649. The van der Waals surface area contributed by atoms with E-state index in [0.29, 0.717) is 24.2 Å². The minimum Gasteiger partial charge on any atom is -0.508 e. The van der Waals surface area contributed by atoms with Crippen molar-refractivity contribution in [3.63, 3.8) is 0 Å². The molecule has 0 saturated carbocycles. The number of aromatic nitrogens is 2. The first-order valence-electron chi connectivity index (χ1n) is 7.38. The Kier molecular flexibility index (Phi) is 3.03. The lowest BCUT2D eigenvalue weighted by Gasteiger charge is -2.12. The molecule has 0 radical (unpaired) electrons. The summed E-state index contributed by atoms with van der Waals surface area (Å²) >= 11 is 0. The van der Waals surface area contributed by atoms with Crippen LogP contribution < -0.4 is 4.90 Å². The maximum Gasteiger partial charge on any atom is 0.318 e. The van der Waals surface area contributed by atoms with E-state index in [1.54, 1.807) is 6.07 Å². The quantitative estimate of drug-likeness (QED) is 0.929. The third-order valence-corrected chi connectivity index (χ3v) is 4.17. The molecule has 110 valence electrons. The lowest BCUT2D eigenvalue weighted by molar-refractivity contribution is 0.246. The van der Waals surface area contributed by atoms with Crippen LogP contribution in [0, 0.1) is 0 Å². The van der Waals surface area contributed by atoms with Crippen LogP contribution in [-0.2, 0) is 19.6 Å². The smallest absolute Gasteiger partial charge is 0.318 e. The Balaban J connectivity index is 1.43. The number of hydrogen-bond donors (Lipinski definition) is 1. The van der Waals surface area contributed by atoms with Crippen molar-refractivity contribution < 1.29 is 9.52 Å². The highest BCUT2D eigenvalue weighted by Gasteiger charge is 2.23. The van der Waals surface area contributed by atoms with Gasteiger partial charge in [-0.2, -0.15) is 0 Å². The number of benzene rings is 1. The van der Waals surface area contributed by atoms with Gasteiger partial charge in [-0.25, -0.2) is 0 Å². The van der Waals surface area contributed by atoms with Crippen LogP contribution in [-0.4, -0.2) is 33.3 Å². The Morgan fingerprint density at radius 1 is 1.10 bits per heavy atom. The average molecular weight is 286 g/mol. The molecule has 2 aliphatic rings. The molecule has 0 spiro atoms. The number of phenols is 1. The molecule has 0 bridgehead atoms. The second kappa shape index (κ2) is 5.04. The highest BCUT2D eigenvalue weighted by Crippen LogP contribution is 2.27. The van der Waals surface area contributed by atoms with Gasteiger partial charge < -0.3 is 14.4 Å². The number of aromatic hydroxyl groups is 1. The van der Waals surface area contributed by atoms with Gasteiger partial charge in [-0.3, -0.25) is 4.90 Å². The zero-order valence-electron chi connectivity index (χ0n) is 11.8. The van der Waals surface area contributed by atoms with E-state index >= 15 is 0 Å². The van der Waals surface area contributed by atoms with Gasteiger partial charge in [0.1, 0.15) is 5.75 Å². The summed E-state index contributed by atoms with van der Waals surface area (Å²) in [6.45, 7) is 4.34. The van der Waals surface area contributed by atoms with E-state index < -0.39 is 0 Å². The first kappa shape index (κ1) is 12.6. The molecule has 0 aliphatic carbocycles. The number of fused-ring (bicyclic) bond motifs is 1. The van der Waals surface area contributed by atoms with Crippen LogP contribution in [0.4, 0.5) is 6.01 Å². The molecule has 1 aromatic carbocycles. The fourth-order valence-electron chi connectivity index (χ4n) is 3.10. The normalized spacial score (nSPS) is 18.4. The van der Waals surface area contributed by atoms with Crippen LogP contribution in [0.15, 0.2) is 22.6 Å². The fraction of sp³-hybridized carbons (Fsp3) is 0.467. The van der Waals surface area contributed by atoms with E-state index in [1.807, 2.05) is 12.1 Å². The molecule has 1 N–H and O–H groups in total. The summed E-state index contributed by atoms with van der Waals surface area (Å²) in [4.78, 5) is 4.39. The first-order chi connectivity index (χ1) is 10.3. The second-order valence-corrected chi connectivity index (χ2v) is 5.77. The SMILES string of the molecule is Oc1ccc2c(c1)CN(Cc1nnc(N3CCCC3)o1)C2. The Hall–Kier alpha value is -2.08. The van der Waals surface area contributed by atoms with E-state index in [2.05, 4.69) is 20.0 Å². The van der Waals surface area contributed by atoms with Gasteiger partial charge in [-0.05, 0) is 36.1 Å². The van der Waals surface area contributed by atoms with Crippen molar-refractivity contribution in [3.05, 3.63) is 35.2 Å². The van der Waals surface area contributed by atoms with Gasteiger partial charge in [0.15, 0.2) is 0 Å². The van der Waals surface area contributed by atoms with E-state index in [-0.39, 0.29) is 0 Å². The molecule has 2 aliphatic heterocycles. The Morgan fingerprint density at radius 3 is 2.76 bits per heavy atom. The monoisotopic (exact) mass is 286 g/mol. The van der Waals surface area contributed by atoms with Crippen molar-refractivity contribution in [2.24, 2.45) is 0 Å². The largest absolute Gasteiger partial charge is 0.508 e. The molecular weight excluding hydrogens is 268 g/mol. The van der Waals surface area contributed by atoms with Crippen LogP contribution in [0.5, 0.6) is 5.75 Å². The number of nitrogens with zero attached hydrogens (tertiary/aromatic N) is 4. The van der Waals surface area contributed by atoms with Gasteiger partial charge in [-0.15, -0.1) is 5.10 Å². The lowest BCUT2D eigenvalue weighted by Crippen LogP contribution is -2.18. The van der Waals surface area contributed by atoms with Crippen molar-refractivity contribution in [1.29, 1.82) is 0 Å². The summed E-state index contributed by atoms with van der Waals surface area (Å²) < 4.78 is 5.76. The summed E-state index contributed by atoms with van der Waals surface area (Å²) in [5.41, 5.74) is 2.43. The predicted octanol–water partition coefficient (Wildman–Crippen LogP) is 1.89. The summed E-state index contributed by atoms with van der Waals surface area (Å²) in [5, 5.41) is 17.8. The van der Waals surface area contributed by atoms with Crippen LogP contribution in [0.2, 0.25) is 0 Å². The van der Waals surface area contributed by atoms with E-state index in [0.717, 1.165) is 26.2 Å². The molecular formula is C15H18N4O2. The van der Waals surface area contributed by atoms with E-state index in [9.17, 15) is 5.11 Å². The van der Waals surface area contributed by atoms with Gasteiger partial charge in [0, 0.05) is 26.2 Å². The van der Waals surface area contributed by atoms with Crippen molar-refractivity contribution in [1.82, 2.24) is 15.1 Å². The Labute approximate surface area is 123 Å². The molecule has 2 aromatic rings. The third-order valence-electron chi connectivity index (χ3n) is 4.17. The van der Waals surface area contributed by atoms with Gasteiger partial charge >= 0.3 is 6.01 Å². The van der Waals surface area contributed by atoms with Crippen LogP contribution in [0.25, 0.3) is 0 Å². The molecule has 1 saturated heterocycles.